The van der Waals surface area contributed by atoms with Gasteiger partial charge >= 0.3 is 12.2 Å². The van der Waals surface area contributed by atoms with Gasteiger partial charge in [0.2, 0.25) is 23.5 Å². The number of likely N-dealkylation sites (tertiary alicyclic amines) is 1. The van der Waals surface area contributed by atoms with Crippen molar-refractivity contribution in [2.24, 2.45) is 33.8 Å². The summed E-state index contributed by atoms with van der Waals surface area (Å²) < 4.78 is 39.3. The molecule has 45 heavy (non-hydrogen) atoms. The largest absolute Gasteiger partial charge is 0.389 e. The van der Waals surface area contributed by atoms with E-state index in [1.807, 2.05) is 13.8 Å². The third-order valence-corrected chi connectivity index (χ3v) is 8.55. The first kappa shape index (κ1) is 37.5. The van der Waals surface area contributed by atoms with Crippen molar-refractivity contribution in [1.29, 1.82) is 0 Å². The summed E-state index contributed by atoms with van der Waals surface area (Å²) in [7, 11) is 0. The minimum Gasteiger partial charge on any atom is -0.368 e. The molecule has 1 heterocycles. The number of Topliss-reactive ketones (excluding diaryl/α,β-unsaturated/α-hetero) is 1. The van der Waals surface area contributed by atoms with Crippen LogP contribution < -0.4 is 27.0 Å². The number of fused-ring (bicyclic) bond motifs is 1. The van der Waals surface area contributed by atoms with Crippen molar-refractivity contribution in [3.05, 3.63) is 12.7 Å². The maximum atomic E-state index is 14.1. The highest BCUT2D eigenvalue weighted by Gasteiger charge is 2.70. The van der Waals surface area contributed by atoms with E-state index in [0.717, 1.165) is 0 Å². The van der Waals surface area contributed by atoms with Gasteiger partial charge < -0.3 is 31.9 Å². The van der Waals surface area contributed by atoms with E-state index in [1.54, 1.807) is 41.5 Å². The molecule has 12 nitrogen and oxygen atoms in total. The second-order valence-electron chi connectivity index (χ2n) is 14.6. The molecule has 1 aliphatic heterocycles. The lowest BCUT2D eigenvalue weighted by molar-refractivity contribution is -0.148. The quantitative estimate of drug-likeness (QED) is 0.160. The standard InChI is InChI=1S/C30H47F3N6O6/c1-10-13-35-24(43)19(40)16(11-12-30(31,32)33)36-23(42)18-17-15(29(17,8)9)14-39(18)25(44)21(28(5,6)7)38-26(45)37-20(22(34)41)27(2,3)4/h10,15-18,20-21H,1,11-14H2,2-9H3,(H2,34,41)(H,35,43)(H,36,42)(H2,37,38,45)/t15-,16?,17-,18-,20+,21+/m0/s1. The number of nitrogens with two attached hydrogens (primary N) is 1. The van der Waals surface area contributed by atoms with Gasteiger partial charge in [-0.1, -0.05) is 61.5 Å². The number of rotatable bonds is 12. The number of nitrogens with one attached hydrogen (secondary N) is 4. The molecule has 0 aromatic carbocycles. The Labute approximate surface area is 261 Å². The topological polar surface area (TPSA) is 180 Å². The summed E-state index contributed by atoms with van der Waals surface area (Å²) in [5.41, 5.74) is 3.45. The number of hydrogen-bond acceptors (Lipinski definition) is 6. The van der Waals surface area contributed by atoms with Crippen LogP contribution in [-0.2, 0) is 24.0 Å². The van der Waals surface area contributed by atoms with Crippen LogP contribution in [0, 0.1) is 28.1 Å². The first-order chi connectivity index (χ1) is 20.3. The van der Waals surface area contributed by atoms with E-state index in [-0.39, 0.29) is 24.9 Å². The fourth-order valence-corrected chi connectivity index (χ4v) is 5.89. The van der Waals surface area contributed by atoms with Crippen molar-refractivity contribution < 1.29 is 41.9 Å². The molecule has 1 saturated heterocycles. The van der Waals surface area contributed by atoms with Gasteiger partial charge in [0, 0.05) is 19.5 Å². The summed E-state index contributed by atoms with van der Waals surface area (Å²) in [6.45, 7) is 17.4. The Hall–Kier alpha value is -3.65. The predicted molar refractivity (Wildman–Crippen MR) is 159 cm³/mol. The lowest BCUT2D eigenvalue weighted by Gasteiger charge is -2.38. The third-order valence-electron chi connectivity index (χ3n) is 8.55. The van der Waals surface area contributed by atoms with Crippen LogP contribution >= 0.6 is 0 Å². The molecule has 2 fully saturated rings. The van der Waals surface area contributed by atoms with E-state index in [1.165, 1.54) is 11.0 Å². The average Bonchev–Trinajstić information content (AvgIpc) is 3.20. The van der Waals surface area contributed by atoms with Crippen molar-refractivity contribution in [2.75, 3.05) is 13.1 Å². The van der Waals surface area contributed by atoms with Crippen molar-refractivity contribution in [3.8, 4) is 0 Å². The second-order valence-corrected chi connectivity index (χ2v) is 14.6. The summed E-state index contributed by atoms with van der Waals surface area (Å²) in [5, 5.41) is 9.65. The molecular weight excluding hydrogens is 597 g/mol. The number of halogens is 3. The Morgan fingerprint density at radius 1 is 0.956 bits per heavy atom. The smallest absolute Gasteiger partial charge is 0.368 e. The first-order valence-corrected chi connectivity index (χ1v) is 14.8. The highest BCUT2D eigenvalue weighted by Crippen LogP contribution is 2.65. The van der Waals surface area contributed by atoms with Crippen LogP contribution in [0.25, 0.3) is 0 Å². The monoisotopic (exact) mass is 644 g/mol. The van der Waals surface area contributed by atoms with Gasteiger partial charge in [-0.25, -0.2) is 4.79 Å². The minimum atomic E-state index is -4.66. The number of nitrogens with zero attached hydrogens (tertiary/aromatic N) is 1. The number of amides is 6. The Balaban J connectivity index is 2.37. The highest BCUT2D eigenvalue weighted by atomic mass is 19.4. The normalized spacial score (nSPS) is 22.6. The van der Waals surface area contributed by atoms with Gasteiger partial charge in [0.1, 0.15) is 18.1 Å². The lowest BCUT2D eigenvalue weighted by Crippen LogP contribution is -2.63. The van der Waals surface area contributed by atoms with Gasteiger partial charge in [-0.2, -0.15) is 13.2 Å². The molecule has 0 bridgehead atoms. The summed E-state index contributed by atoms with van der Waals surface area (Å²) in [6.07, 6.45) is -5.69. The van der Waals surface area contributed by atoms with Crippen LogP contribution in [0.1, 0.15) is 68.2 Å². The van der Waals surface area contributed by atoms with E-state index in [4.69, 9.17) is 5.73 Å². The van der Waals surface area contributed by atoms with Gasteiger partial charge in [0.05, 0.1) is 6.04 Å². The van der Waals surface area contributed by atoms with Gasteiger partial charge in [0.15, 0.2) is 0 Å². The molecule has 0 radical (unpaired) electrons. The van der Waals surface area contributed by atoms with Gasteiger partial charge in [0.25, 0.3) is 5.91 Å². The number of alkyl halides is 3. The van der Waals surface area contributed by atoms with E-state index < -0.39 is 94.9 Å². The number of piperidine rings is 1. The molecule has 1 aliphatic carbocycles. The van der Waals surface area contributed by atoms with E-state index >= 15 is 0 Å². The minimum absolute atomic E-state index is 0.113. The summed E-state index contributed by atoms with van der Waals surface area (Å²) >= 11 is 0. The van der Waals surface area contributed by atoms with E-state index in [2.05, 4.69) is 27.8 Å². The Bertz CT molecular complexity index is 1210. The van der Waals surface area contributed by atoms with Crippen LogP contribution in [0.5, 0.6) is 0 Å². The van der Waals surface area contributed by atoms with Gasteiger partial charge in [-0.15, -0.1) is 6.58 Å². The molecule has 0 aromatic heterocycles. The molecule has 1 unspecified atom stereocenters. The second kappa shape index (κ2) is 13.4. The lowest BCUT2D eigenvalue weighted by atomic mass is 9.85. The molecule has 6 N–H and O–H groups in total. The van der Waals surface area contributed by atoms with Crippen LogP contribution in [0.15, 0.2) is 12.7 Å². The predicted octanol–water partition coefficient (Wildman–Crippen LogP) is 1.78. The Morgan fingerprint density at radius 2 is 1.49 bits per heavy atom. The molecular formula is C30H47F3N6O6. The summed E-state index contributed by atoms with van der Waals surface area (Å²) in [6, 6.07) is -6.09. The average molecular weight is 645 g/mol. The summed E-state index contributed by atoms with van der Waals surface area (Å²) in [4.78, 5) is 79.3. The van der Waals surface area contributed by atoms with E-state index in [9.17, 15) is 41.9 Å². The molecule has 2 rings (SSSR count). The number of hydrogen-bond donors (Lipinski definition) is 5. The fourth-order valence-electron chi connectivity index (χ4n) is 5.89. The van der Waals surface area contributed by atoms with Crippen LogP contribution in [0.4, 0.5) is 18.0 Å². The van der Waals surface area contributed by atoms with Crippen molar-refractivity contribution in [1.82, 2.24) is 26.2 Å². The summed E-state index contributed by atoms with van der Waals surface area (Å²) in [5.74, 6) is -5.24. The zero-order chi connectivity index (χ0) is 34.9. The molecule has 6 atom stereocenters. The van der Waals surface area contributed by atoms with Crippen LogP contribution in [0.2, 0.25) is 0 Å². The van der Waals surface area contributed by atoms with Crippen molar-refractivity contribution in [3.63, 3.8) is 0 Å². The fraction of sp³-hybridized carbons (Fsp3) is 0.733. The molecule has 6 amide bonds. The Kier molecular flexibility index (Phi) is 11.2. The molecule has 1 saturated carbocycles. The number of carbonyl (C=O) groups excluding carboxylic acids is 6. The zero-order valence-corrected chi connectivity index (χ0v) is 27.2. The molecule has 0 spiro atoms. The zero-order valence-electron chi connectivity index (χ0n) is 27.2. The van der Waals surface area contributed by atoms with Gasteiger partial charge in [-0.3, -0.25) is 24.0 Å². The SMILES string of the molecule is C=CCNC(=O)C(=O)C(CCC(F)(F)F)NC(=O)[C@@H]1[C@@H]2[C@H](CN1C(=O)[C@@H](NC(=O)N[C@H](C(N)=O)C(C)(C)C)C(C)(C)C)C2(C)C. The molecule has 15 heteroatoms. The van der Waals surface area contributed by atoms with Crippen LogP contribution in [-0.4, -0.2) is 83.8 Å². The van der Waals surface area contributed by atoms with Crippen molar-refractivity contribution in [2.45, 2.75) is 98.6 Å². The van der Waals surface area contributed by atoms with Gasteiger partial charge in [-0.05, 0) is 34.5 Å². The molecule has 254 valence electrons. The van der Waals surface area contributed by atoms with Crippen molar-refractivity contribution >= 4 is 35.4 Å². The molecule has 0 aromatic rings. The number of primary amides is 1. The third kappa shape index (κ3) is 9.19. The number of carbonyl (C=O) groups is 6. The Morgan fingerprint density at radius 3 is 1.96 bits per heavy atom. The molecule has 2 aliphatic rings. The van der Waals surface area contributed by atoms with Crippen LogP contribution in [0.3, 0.4) is 0 Å². The highest BCUT2D eigenvalue weighted by molar-refractivity contribution is 6.38. The number of urea groups is 1. The maximum absolute atomic E-state index is 14.1. The number of ketones is 1. The first-order valence-electron chi connectivity index (χ1n) is 14.8. The maximum Gasteiger partial charge on any atom is 0.389 e. The van der Waals surface area contributed by atoms with E-state index in [0.29, 0.717) is 0 Å².